The summed E-state index contributed by atoms with van der Waals surface area (Å²) in [5.41, 5.74) is -1.46. The second-order valence-electron chi connectivity index (χ2n) is 5.14. The predicted octanol–water partition coefficient (Wildman–Crippen LogP) is 3.23. The molecule has 7 nitrogen and oxygen atoms in total. The number of aryl methyl sites for hydroxylation is 1. The lowest BCUT2D eigenvalue weighted by Gasteiger charge is -2.09. The summed E-state index contributed by atoms with van der Waals surface area (Å²) in [5.74, 6) is 0. The van der Waals surface area contributed by atoms with E-state index in [-0.39, 0.29) is 11.1 Å². The molecule has 11 heteroatoms. The Bertz CT molecular complexity index is 972. The van der Waals surface area contributed by atoms with Gasteiger partial charge in [-0.05, 0) is 19.1 Å². The van der Waals surface area contributed by atoms with E-state index in [0.29, 0.717) is 6.21 Å². The molecule has 0 spiro atoms. The first-order valence-corrected chi connectivity index (χ1v) is 8.47. The Morgan fingerprint density at radius 1 is 1.19 bits per heavy atom. The molecule has 0 aliphatic heterocycles. The van der Waals surface area contributed by atoms with Crippen LogP contribution in [0.25, 0.3) is 0 Å². The molecular formula is C15H12F3N3O4S. The van der Waals surface area contributed by atoms with Crippen LogP contribution in [-0.4, -0.2) is 19.6 Å². The van der Waals surface area contributed by atoms with Crippen molar-refractivity contribution in [3.05, 3.63) is 69.3 Å². The van der Waals surface area contributed by atoms with Crippen LogP contribution in [-0.2, 0) is 16.2 Å². The van der Waals surface area contributed by atoms with Gasteiger partial charge in [-0.25, -0.2) is 4.83 Å². The number of rotatable bonds is 5. The zero-order valence-corrected chi connectivity index (χ0v) is 14.0. The van der Waals surface area contributed by atoms with Crippen LogP contribution >= 0.6 is 0 Å². The highest BCUT2D eigenvalue weighted by Gasteiger charge is 2.32. The SMILES string of the molecule is Cc1ccc(S(=O)(=O)N/N=C/c2ccccc2C(F)(F)F)cc1[N+](=O)[O-]. The molecule has 0 unspecified atom stereocenters. The summed E-state index contributed by atoms with van der Waals surface area (Å²) in [7, 11) is -4.29. The molecule has 2 aromatic carbocycles. The molecule has 1 N–H and O–H groups in total. The molecule has 2 rings (SSSR count). The zero-order valence-electron chi connectivity index (χ0n) is 13.2. The van der Waals surface area contributed by atoms with Gasteiger partial charge in [0.1, 0.15) is 0 Å². The third-order valence-electron chi connectivity index (χ3n) is 3.33. The molecule has 0 radical (unpaired) electrons. The van der Waals surface area contributed by atoms with E-state index in [4.69, 9.17) is 0 Å². The van der Waals surface area contributed by atoms with E-state index in [1.54, 1.807) is 4.83 Å². The molecule has 0 fully saturated rings. The molecule has 2 aromatic rings. The van der Waals surface area contributed by atoms with Crippen molar-refractivity contribution >= 4 is 21.9 Å². The van der Waals surface area contributed by atoms with Crippen LogP contribution in [0.3, 0.4) is 0 Å². The van der Waals surface area contributed by atoms with Crippen LogP contribution in [0.5, 0.6) is 0 Å². The number of hydrazone groups is 1. The summed E-state index contributed by atoms with van der Waals surface area (Å²) in [6.07, 6.45) is -3.91. The van der Waals surface area contributed by atoms with Gasteiger partial charge in [-0.3, -0.25) is 10.1 Å². The van der Waals surface area contributed by atoms with Crippen LogP contribution in [0.1, 0.15) is 16.7 Å². The second kappa shape index (κ2) is 7.12. The highest BCUT2D eigenvalue weighted by molar-refractivity contribution is 7.89. The number of nitrogens with one attached hydrogen (secondary N) is 1. The lowest BCUT2D eigenvalue weighted by molar-refractivity contribution is -0.385. The molecule has 26 heavy (non-hydrogen) atoms. The number of nitro groups is 1. The molecule has 0 amide bonds. The summed E-state index contributed by atoms with van der Waals surface area (Å²) >= 11 is 0. The number of halogens is 3. The van der Waals surface area contributed by atoms with Gasteiger partial charge < -0.3 is 0 Å². The fourth-order valence-corrected chi connectivity index (χ4v) is 2.85. The van der Waals surface area contributed by atoms with Crippen molar-refractivity contribution < 1.29 is 26.5 Å². The largest absolute Gasteiger partial charge is 0.417 e. The molecule has 0 aliphatic carbocycles. The summed E-state index contributed by atoms with van der Waals surface area (Å²) in [4.78, 5) is 11.5. The van der Waals surface area contributed by atoms with Crippen LogP contribution in [0.4, 0.5) is 18.9 Å². The maximum atomic E-state index is 12.9. The molecule has 0 bridgehead atoms. The fraction of sp³-hybridized carbons (Fsp3) is 0.133. The average molecular weight is 387 g/mol. The van der Waals surface area contributed by atoms with Gasteiger partial charge in [-0.2, -0.15) is 26.7 Å². The molecular weight excluding hydrogens is 375 g/mol. The number of hydrogen-bond acceptors (Lipinski definition) is 5. The number of hydrogen-bond donors (Lipinski definition) is 1. The number of sulfonamides is 1. The normalized spacial score (nSPS) is 12.3. The smallest absolute Gasteiger partial charge is 0.258 e. The Labute approximate surface area is 146 Å². The van der Waals surface area contributed by atoms with Gasteiger partial charge in [0, 0.05) is 17.2 Å². The molecule has 0 saturated carbocycles. The van der Waals surface area contributed by atoms with Gasteiger partial charge in [0.25, 0.3) is 15.7 Å². The van der Waals surface area contributed by atoms with E-state index < -0.39 is 37.3 Å². The van der Waals surface area contributed by atoms with Crippen molar-refractivity contribution in [1.82, 2.24) is 4.83 Å². The number of alkyl halides is 3. The van der Waals surface area contributed by atoms with Crippen molar-refractivity contribution in [2.45, 2.75) is 18.0 Å². The number of nitrogens with zero attached hydrogens (tertiary/aromatic N) is 2. The lowest BCUT2D eigenvalue weighted by Crippen LogP contribution is -2.19. The predicted molar refractivity (Wildman–Crippen MR) is 87.2 cm³/mol. The minimum absolute atomic E-state index is 0.261. The Kier molecular flexibility index (Phi) is 5.30. The molecule has 0 aliphatic rings. The molecule has 138 valence electrons. The average Bonchev–Trinajstić information content (AvgIpc) is 2.54. The van der Waals surface area contributed by atoms with Crippen molar-refractivity contribution in [2.75, 3.05) is 0 Å². The maximum absolute atomic E-state index is 12.9. The molecule has 0 saturated heterocycles. The van der Waals surface area contributed by atoms with Gasteiger partial charge >= 0.3 is 6.18 Å². The van der Waals surface area contributed by atoms with Crippen LogP contribution in [0.2, 0.25) is 0 Å². The Morgan fingerprint density at radius 2 is 1.85 bits per heavy atom. The van der Waals surface area contributed by atoms with E-state index in [1.807, 2.05) is 0 Å². The van der Waals surface area contributed by atoms with Gasteiger partial charge in [-0.1, -0.05) is 24.3 Å². The van der Waals surface area contributed by atoms with Crippen molar-refractivity contribution in [3.63, 3.8) is 0 Å². The van der Waals surface area contributed by atoms with Crippen molar-refractivity contribution in [3.8, 4) is 0 Å². The summed E-state index contributed by atoms with van der Waals surface area (Å²) < 4.78 is 62.8. The summed E-state index contributed by atoms with van der Waals surface area (Å²) in [6, 6.07) is 7.71. The Hall–Kier alpha value is -2.95. The fourth-order valence-electron chi connectivity index (χ4n) is 2.04. The lowest BCUT2D eigenvalue weighted by atomic mass is 10.1. The summed E-state index contributed by atoms with van der Waals surface area (Å²) in [5, 5.41) is 14.2. The van der Waals surface area contributed by atoms with E-state index >= 15 is 0 Å². The third-order valence-corrected chi connectivity index (χ3v) is 4.55. The van der Waals surface area contributed by atoms with Crippen molar-refractivity contribution in [2.24, 2.45) is 5.10 Å². The van der Waals surface area contributed by atoms with E-state index in [2.05, 4.69) is 5.10 Å². The quantitative estimate of drug-likeness (QED) is 0.483. The van der Waals surface area contributed by atoms with E-state index in [9.17, 15) is 31.7 Å². The van der Waals surface area contributed by atoms with Crippen LogP contribution in [0.15, 0.2) is 52.5 Å². The highest BCUT2D eigenvalue weighted by atomic mass is 32.2. The van der Waals surface area contributed by atoms with E-state index in [0.717, 1.165) is 24.3 Å². The minimum Gasteiger partial charge on any atom is -0.258 e. The molecule has 0 atom stereocenters. The summed E-state index contributed by atoms with van der Waals surface area (Å²) in [6.45, 7) is 1.44. The highest BCUT2D eigenvalue weighted by Crippen LogP contribution is 2.31. The van der Waals surface area contributed by atoms with Crippen LogP contribution in [0, 0.1) is 17.0 Å². The first-order chi connectivity index (χ1) is 12.0. The minimum atomic E-state index is -4.63. The van der Waals surface area contributed by atoms with Gasteiger partial charge in [-0.15, -0.1) is 0 Å². The topological polar surface area (TPSA) is 102 Å². The third kappa shape index (κ3) is 4.36. The van der Waals surface area contributed by atoms with Crippen LogP contribution < -0.4 is 4.83 Å². The second-order valence-corrected chi connectivity index (χ2v) is 6.80. The molecule has 0 heterocycles. The van der Waals surface area contributed by atoms with Gasteiger partial charge in [0.2, 0.25) is 0 Å². The van der Waals surface area contributed by atoms with Crippen molar-refractivity contribution in [1.29, 1.82) is 0 Å². The standard InChI is InChI=1S/C15H12F3N3O4S/c1-10-6-7-12(8-14(10)21(22)23)26(24,25)20-19-9-11-4-2-3-5-13(11)15(16,17)18/h2-9,20H,1H3/b19-9+. The number of benzene rings is 2. The van der Waals surface area contributed by atoms with E-state index in [1.165, 1.54) is 25.1 Å². The maximum Gasteiger partial charge on any atom is 0.417 e. The van der Waals surface area contributed by atoms with Gasteiger partial charge in [0.05, 0.1) is 21.6 Å². The Morgan fingerprint density at radius 3 is 2.46 bits per heavy atom. The molecule has 0 aromatic heterocycles. The monoisotopic (exact) mass is 387 g/mol. The number of nitro benzene ring substituents is 1. The van der Waals surface area contributed by atoms with Gasteiger partial charge in [0.15, 0.2) is 0 Å². The zero-order chi connectivity index (χ0) is 19.5. The first kappa shape index (κ1) is 19.4. The Balaban J connectivity index is 2.28. The first-order valence-electron chi connectivity index (χ1n) is 6.98.